The Morgan fingerprint density at radius 1 is 1.41 bits per heavy atom. The molecule has 0 N–H and O–H groups in total. The molecule has 0 radical (unpaired) electrons. The summed E-state index contributed by atoms with van der Waals surface area (Å²) >= 11 is 0. The molecule has 2 rings (SSSR count). The molecule has 2 heterocycles. The standard InChI is InChI=1S/C13H14N2O2/c1-9(2)6-11(16)12-8-15-13(17-12)10-4-3-5-14-7-10/h3-5,7-9H,6H2,1-2H3. The van der Waals surface area contributed by atoms with E-state index in [1.54, 1.807) is 18.5 Å². The van der Waals surface area contributed by atoms with E-state index < -0.39 is 0 Å². The minimum absolute atomic E-state index is 0.0114. The number of oxazole rings is 1. The quantitative estimate of drug-likeness (QED) is 0.758. The number of pyridine rings is 1. The van der Waals surface area contributed by atoms with E-state index in [2.05, 4.69) is 9.97 Å². The van der Waals surface area contributed by atoms with Crippen LogP contribution in [-0.2, 0) is 0 Å². The molecule has 0 saturated heterocycles. The largest absolute Gasteiger partial charge is 0.433 e. The Morgan fingerprint density at radius 3 is 2.88 bits per heavy atom. The van der Waals surface area contributed by atoms with Gasteiger partial charge in [0.05, 0.1) is 11.8 Å². The Kier molecular flexibility index (Phi) is 3.32. The van der Waals surface area contributed by atoms with Gasteiger partial charge in [0.25, 0.3) is 0 Å². The maximum atomic E-state index is 11.8. The van der Waals surface area contributed by atoms with E-state index in [-0.39, 0.29) is 5.78 Å². The normalized spacial score (nSPS) is 10.8. The van der Waals surface area contributed by atoms with Crippen molar-refractivity contribution in [1.82, 2.24) is 9.97 Å². The smallest absolute Gasteiger partial charge is 0.228 e. The van der Waals surface area contributed by atoms with Crippen molar-refractivity contribution in [2.75, 3.05) is 0 Å². The molecule has 0 spiro atoms. The van der Waals surface area contributed by atoms with Gasteiger partial charge >= 0.3 is 0 Å². The average molecular weight is 230 g/mol. The highest BCUT2D eigenvalue weighted by Crippen LogP contribution is 2.19. The number of hydrogen-bond donors (Lipinski definition) is 0. The summed E-state index contributed by atoms with van der Waals surface area (Å²) in [6, 6.07) is 3.64. The van der Waals surface area contributed by atoms with Crippen LogP contribution in [0.4, 0.5) is 0 Å². The minimum atomic E-state index is -0.0114. The zero-order valence-electron chi connectivity index (χ0n) is 9.88. The van der Waals surface area contributed by atoms with E-state index in [0.29, 0.717) is 24.0 Å². The molecule has 0 bridgehead atoms. The molecule has 4 heteroatoms. The minimum Gasteiger partial charge on any atom is -0.433 e. The number of hydrogen-bond acceptors (Lipinski definition) is 4. The first kappa shape index (κ1) is 11.5. The molecule has 0 unspecified atom stereocenters. The molecule has 88 valence electrons. The average Bonchev–Trinajstić information content (AvgIpc) is 2.78. The summed E-state index contributed by atoms with van der Waals surface area (Å²) in [7, 11) is 0. The number of Topliss-reactive ketones (excluding diaryl/α,β-unsaturated/α-hetero) is 1. The molecule has 0 amide bonds. The zero-order valence-corrected chi connectivity index (χ0v) is 9.88. The van der Waals surface area contributed by atoms with Gasteiger partial charge in [0.2, 0.25) is 5.89 Å². The van der Waals surface area contributed by atoms with E-state index in [1.165, 1.54) is 6.20 Å². The van der Waals surface area contributed by atoms with E-state index in [0.717, 1.165) is 5.56 Å². The Hall–Kier alpha value is -1.97. The fourth-order valence-electron chi connectivity index (χ4n) is 1.50. The lowest BCUT2D eigenvalue weighted by atomic mass is 10.1. The summed E-state index contributed by atoms with van der Waals surface area (Å²) in [5, 5.41) is 0. The van der Waals surface area contributed by atoms with Crippen LogP contribution < -0.4 is 0 Å². The van der Waals surface area contributed by atoms with Crippen molar-refractivity contribution in [3.05, 3.63) is 36.5 Å². The predicted molar refractivity (Wildman–Crippen MR) is 63.5 cm³/mol. The third-order valence-electron chi connectivity index (χ3n) is 2.28. The Bertz CT molecular complexity index is 503. The number of rotatable bonds is 4. The van der Waals surface area contributed by atoms with Gasteiger partial charge in [0.1, 0.15) is 0 Å². The third kappa shape index (κ3) is 2.78. The van der Waals surface area contributed by atoms with Crippen LogP contribution in [0, 0.1) is 5.92 Å². The Balaban J connectivity index is 2.19. The van der Waals surface area contributed by atoms with Gasteiger partial charge in [0.15, 0.2) is 11.5 Å². The lowest BCUT2D eigenvalue weighted by molar-refractivity contribution is 0.0941. The van der Waals surface area contributed by atoms with Gasteiger partial charge in [-0.1, -0.05) is 13.8 Å². The van der Waals surface area contributed by atoms with Crippen molar-refractivity contribution < 1.29 is 9.21 Å². The molecule has 0 saturated carbocycles. The molecule has 4 nitrogen and oxygen atoms in total. The molecule has 0 aliphatic heterocycles. The lowest BCUT2D eigenvalue weighted by Crippen LogP contribution is -2.01. The SMILES string of the molecule is CC(C)CC(=O)c1cnc(-c2cccnc2)o1. The van der Waals surface area contributed by atoms with Gasteiger partial charge in [-0.2, -0.15) is 0 Å². The van der Waals surface area contributed by atoms with Crippen molar-refractivity contribution in [3.8, 4) is 11.5 Å². The summed E-state index contributed by atoms with van der Waals surface area (Å²) < 4.78 is 5.43. The Morgan fingerprint density at radius 2 is 2.24 bits per heavy atom. The lowest BCUT2D eigenvalue weighted by Gasteiger charge is -1.99. The second-order valence-corrected chi connectivity index (χ2v) is 4.29. The first-order valence-electron chi connectivity index (χ1n) is 5.56. The van der Waals surface area contributed by atoms with Gasteiger partial charge in [-0.3, -0.25) is 9.78 Å². The van der Waals surface area contributed by atoms with Crippen LogP contribution in [0.3, 0.4) is 0 Å². The molecule has 17 heavy (non-hydrogen) atoms. The molecule has 0 aromatic carbocycles. The highest BCUT2D eigenvalue weighted by Gasteiger charge is 2.14. The summed E-state index contributed by atoms with van der Waals surface area (Å²) in [5.74, 6) is 1.06. The first-order valence-corrected chi connectivity index (χ1v) is 5.56. The highest BCUT2D eigenvalue weighted by molar-refractivity contribution is 5.93. The van der Waals surface area contributed by atoms with Crippen LogP contribution in [0.1, 0.15) is 30.8 Å². The topological polar surface area (TPSA) is 56.0 Å². The van der Waals surface area contributed by atoms with Crippen LogP contribution in [0.2, 0.25) is 0 Å². The van der Waals surface area contributed by atoms with Crippen LogP contribution >= 0.6 is 0 Å². The summed E-state index contributed by atoms with van der Waals surface area (Å²) in [6.45, 7) is 3.99. The maximum Gasteiger partial charge on any atom is 0.228 e. The molecule has 2 aromatic heterocycles. The summed E-state index contributed by atoms with van der Waals surface area (Å²) in [5.41, 5.74) is 0.774. The predicted octanol–water partition coefficient (Wildman–Crippen LogP) is 2.97. The summed E-state index contributed by atoms with van der Waals surface area (Å²) in [4.78, 5) is 19.8. The molecule has 0 aliphatic rings. The van der Waals surface area contributed by atoms with Crippen molar-refractivity contribution in [2.24, 2.45) is 5.92 Å². The molecular formula is C13H14N2O2. The van der Waals surface area contributed by atoms with E-state index in [4.69, 9.17) is 4.42 Å². The molecule has 0 fully saturated rings. The Labute approximate surface area is 99.7 Å². The zero-order chi connectivity index (χ0) is 12.3. The highest BCUT2D eigenvalue weighted by atomic mass is 16.4. The van der Waals surface area contributed by atoms with Crippen LogP contribution in [0.25, 0.3) is 11.5 Å². The monoisotopic (exact) mass is 230 g/mol. The van der Waals surface area contributed by atoms with Crippen LogP contribution in [0.5, 0.6) is 0 Å². The first-order chi connectivity index (χ1) is 8.16. The van der Waals surface area contributed by atoms with Crippen LogP contribution in [0.15, 0.2) is 35.1 Å². The molecule has 0 aliphatic carbocycles. The van der Waals surface area contributed by atoms with Gasteiger partial charge in [-0.05, 0) is 18.1 Å². The number of ketones is 1. The fourth-order valence-corrected chi connectivity index (χ4v) is 1.50. The van der Waals surface area contributed by atoms with Gasteiger partial charge in [-0.25, -0.2) is 4.98 Å². The fraction of sp³-hybridized carbons (Fsp3) is 0.308. The maximum absolute atomic E-state index is 11.8. The molecule has 2 aromatic rings. The van der Waals surface area contributed by atoms with Crippen molar-refractivity contribution >= 4 is 5.78 Å². The third-order valence-corrected chi connectivity index (χ3v) is 2.28. The second-order valence-electron chi connectivity index (χ2n) is 4.29. The second kappa shape index (κ2) is 4.91. The van der Waals surface area contributed by atoms with E-state index >= 15 is 0 Å². The van der Waals surface area contributed by atoms with Gasteiger partial charge < -0.3 is 4.42 Å². The van der Waals surface area contributed by atoms with Crippen molar-refractivity contribution in [2.45, 2.75) is 20.3 Å². The summed E-state index contributed by atoms with van der Waals surface area (Å²) in [6.07, 6.45) is 5.29. The van der Waals surface area contributed by atoms with E-state index in [9.17, 15) is 4.79 Å². The number of aromatic nitrogens is 2. The molecular weight excluding hydrogens is 216 g/mol. The molecule has 0 atom stereocenters. The number of carbonyl (C=O) groups excluding carboxylic acids is 1. The van der Waals surface area contributed by atoms with Gasteiger partial charge in [0, 0.05) is 18.8 Å². The van der Waals surface area contributed by atoms with Crippen LogP contribution in [-0.4, -0.2) is 15.8 Å². The number of carbonyl (C=O) groups is 1. The van der Waals surface area contributed by atoms with Crippen molar-refractivity contribution in [1.29, 1.82) is 0 Å². The van der Waals surface area contributed by atoms with E-state index in [1.807, 2.05) is 19.9 Å². The van der Waals surface area contributed by atoms with Gasteiger partial charge in [-0.15, -0.1) is 0 Å². The van der Waals surface area contributed by atoms with Crippen molar-refractivity contribution in [3.63, 3.8) is 0 Å². The number of nitrogens with zero attached hydrogens (tertiary/aromatic N) is 2.